The first kappa shape index (κ1) is 20.3. The van der Waals surface area contributed by atoms with Gasteiger partial charge in [-0.2, -0.15) is 0 Å². The Bertz CT molecular complexity index is 1380. The van der Waals surface area contributed by atoms with Gasteiger partial charge in [0.15, 0.2) is 16.6 Å². The standard InChI is InChI=1S/C23H21N5O3S/c1-14-11-15-7-3-5-9-17(15)27(14)21(30)13-32-23-25-22(16-8-4-6-10-18(16)31-2)24-19-12-20(29)26-28(19)23/h3-10,12,14H,11,13H2,1-2H3,(H,26,29)/t14-/m0/s1. The summed E-state index contributed by atoms with van der Waals surface area (Å²) in [6.07, 6.45) is 0.840. The minimum absolute atomic E-state index is 0.00689. The van der Waals surface area contributed by atoms with Crippen molar-refractivity contribution in [2.45, 2.75) is 24.5 Å². The number of hydrogen-bond donors (Lipinski definition) is 1. The first-order chi connectivity index (χ1) is 15.5. The van der Waals surface area contributed by atoms with E-state index < -0.39 is 0 Å². The lowest BCUT2D eigenvalue weighted by Gasteiger charge is -2.22. The Hall–Kier alpha value is -3.59. The molecule has 0 unspecified atom stereocenters. The van der Waals surface area contributed by atoms with E-state index in [2.05, 4.69) is 28.1 Å². The second-order valence-electron chi connectivity index (χ2n) is 7.58. The van der Waals surface area contributed by atoms with Crippen molar-refractivity contribution in [1.82, 2.24) is 19.6 Å². The molecule has 0 saturated carbocycles. The van der Waals surface area contributed by atoms with Gasteiger partial charge in [-0.25, -0.2) is 14.5 Å². The molecule has 5 rings (SSSR count). The lowest BCUT2D eigenvalue weighted by Crippen LogP contribution is -2.37. The molecule has 9 heteroatoms. The van der Waals surface area contributed by atoms with Crippen molar-refractivity contribution in [2.75, 3.05) is 17.8 Å². The van der Waals surface area contributed by atoms with Crippen LogP contribution < -0.4 is 15.2 Å². The number of nitrogens with zero attached hydrogens (tertiary/aromatic N) is 4. The highest BCUT2D eigenvalue weighted by molar-refractivity contribution is 7.99. The molecule has 8 nitrogen and oxygen atoms in total. The number of amides is 1. The predicted molar refractivity (Wildman–Crippen MR) is 123 cm³/mol. The van der Waals surface area contributed by atoms with Gasteiger partial charge in [0.1, 0.15) is 5.75 Å². The van der Waals surface area contributed by atoms with Gasteiger partial charge in [-0.1, -0.05) is 42.1 Å². The summed E-state index contributed by atoms with van der Waals surface area (Å²) in [5.74, 6) is 1.23. The van der Waals surface area contributed by atoms with E-state index in [0.717, 1.165) is 12.1 Å². The minimum atomic E-state index is -0.285. The molecule has 1 amide bonds. The van der Waals surface area contributed by atoms with Crippen LogP contribution in [0.5, 0.6) is 5.75 Å². The predicted octanol–water partition coefficient (Wildman–Crippen LogP) is 3.16. The number of aromatic nitrogens is 4. The van der Waals surface area contributed by atoms with Crippen LogP contribution in [0.15, 0.2) is 64.5 Å². The number of H-pyrrole nitrogens is 1. The maximum atomic E-state index is 13.1. The first-order valence-electron chi connectivity index (χ1n) is 10.2. The second-order valence-corrected chi connectivity index (χ2v) is 8.52. The Kier molecular flexibility index (Phi) is 5.18. The zero-order chi connectivity index (χ0) is 22.2. The molecule has 0 saturated heterocycles. The maximum absolute atomic E-state index is 13.1. The van der Waals surface area contributed by atoms with Crippen LogP contribution in [0.3, 0.4) is 0 Å². The summed E-state index contributed by atoms with van der Waals surface area (Å²) in [6, 6.07) is 16.9. The number of rotatable bonds is 5. The fourth-order valence-electron chi connectivity index (χ4n) is 4.07. The number of fused-ring (bicyclic) bond motifs is 2. The Balaban J connectivity index is 1.48. The van der Waals surface area contributed by atoms with Gasteiger partial charge in [-0.05, 0) is 37.1 Å². The molecule has 1 aliphatic rings. The Morgan fingerprint density at radius 2 is 1.97 bits per heavy atom. The summed E-state index contributed by atoms with van der Waals surface area (Å²) in [7, 11) is 1.58. The van der Waals surface area contributed by atoms with Gasteiger partial charge >= 0.3 is 0 Å². The van der Waals surface area contributed by atoms with Gasteiger partial charge in [0, 0.05) is 17.8 Å². The van der Waals surface area contributed by atoms with E-state index in [4.69, 9.17) is 4.74 Å². The van der Waals surface area contributed by atoms with E-state index in [1.165, 1.54) is 27.9 Å². The Labute approximate surface area is 188 Å². The van der Waals surface area contributed by atoms with E-state index in [-0.39, 0.29) is 23.3 Å². The van der Waals surface area contributed by atoms with Crippen molar-refractivity contribution in [3.05, 3.63) is 70.5 Å². The molecule has 0 fully saturated rings. The van der Waals surface area contributed by atoms with Gasteiger partial charge in [0.25, 0.3) is 5.56 Å². The highest BCUT2D eigenvalue weighted by Gasteiger charge is 2.30. The third-order valence-corrected chi connectivity index (χ3v) is 6.40. The quantitative estimate of drug-likeness (QED) is 0.473. The molecule has 32 heavy (non-hydrogen) atoms. The number of aromatic amines is 1. The average molecular weight is 448 g/mol. The second kappa shape index (κ2) is 8.16. The summed E-state index contributed by atoms with van der Waals surface area (Å²) in [5, 5.41) is 3.19. The number of nitrogens with one attached hydrogen (secondary N) is 1. The molecule has 162 valence electrons. The van der Waals surface area contributed by atoms with Crippen molar-refractivity contribution >= 4 is 29.0 Å². The van der Waals surface area contributed by atoms with Gasteiger partial charge < -0.3 is 9.64 Å². The maximum Gasteiger partial charge on any atom is 0.266 e. The molecule has 1 atom stereocenters. The molecule has 1 N–H and O–H groups in total. The molecule has 0 radical (unpaired) electrons. The third kappa shape index (κ3) is 3.54. The van der Waals surface area contributed by atoms with Gasteiger partial charge in [0.05, 0.1) is 18.4 Å². The molecule has 1 aliphatic heterocycles. The number of carbonyl (C=O) groups is 1. The zero-order valence-electron chi connectivity index (χ0n) is 17.6. The largest absolute Gasteiger partial charge is 0.496 e. The Morgan fingerprint density at radius 3 is 2.81 bits per heavy atom. The van der Waals surface area contributed by atoms with Crippen molar-refractivity contribution in [3.63, 3.8) is 0 Å². The molecule has 0 bridgehead atoms. The van der Waals surface area contributed by atoms with Crippen LogP contribution >= 0.6 is 11.8 Å². The normalized spacial score (nSPS) is 15.2. The van der Waals surface area contributed by atoms with Crippen LogP contribution in [-0.4, -0.2) is 44.4 Å². The third-order valence-electron chi connectivity index (χ3n) is 5.47. The molecule has 2 aromatic heterocycles. The van der Waals surface area contributed by atoms with Gasteiger partial charge in [-0.3, -0.25) is 14.7 Å². The minimum Gasteiger partial charge on any atom is -0.496 e. The lowest BCUT2D eigenvalue weighted by molar-refractivity contribution is -0.116. The van der Waals surface area contributed by atoms with Crippen LogP contribution in [0.1, 0.15) is 12.5 Å². The lowest BCUT2D eigenvalue weighted by atomic mass is 10.1. The van der Waals surface area contributed by atoms with E-state index in [9.17, 15) is 9.59 Å². The van der Waals surface area contributed by atoms with E-state index in [0.29, 0.717) is 27.9 Å². The van der Waals surface area contributed by atoms with Crippen LogP contribution in [0.2, 0.25) is 0 Å². The number of para-hydroxylation sites is 2. The van der Waals surface area contributed by atoms with Crippen LogP contribution in [0.25, 0.3) is 17.0 Å². The molecular weight excluding hydrogens is 426 g/mol. The van der Waals surface area contributed by atoms with Crippen molar-refractivity contribution < 1.29 is 9.53 Å². The fourth-order valence-corrected chi connectivity index (χ4v) is 4.88. The number of anilines is 1. The zero-order valence-corrected chi connectivity index (χ0v) is 18.4. The van der Waals surface area contributed by atoms with E-state index >= 15 is 0 Å². The average Bonchev–Trinajstić information content (AvgIpc) is 3.35. The molecule has 0 aliphatic carbocycles. The number of hydrogen-bond acceptors (Lipinski definition) is 6. The van der Waals surface area contributed by atoms with Crippen molar-refractivity contribution in [2.24, 2.45) is 0 Å². The monoisotopic (exact) mass is 447 g/mol. The molecule has 2 aromatic carbocycles. The van der Waals surface area contributed by atoms with Crippen LogP contribution in [0, 0.1) is 0 Å². The summed E-state index contributed by atoms with van der Waals surface area (Å²) >= 11 is 1.27. The number of methoxy groups -OCH3 is 1. The molecule has 4 aromatic rings. The Morgan fingerprint density at radius 1 is 1.19 bits per heavy atom. The van der Waals surface area contributed by atoms with Gasteiger partial charge in [0.2, 0.25) is 5.91 Å². The number of ether oxygens (including phenoxy) is 1. The topological polar surface area (TPSA) is 92.6 Å². The fraction of sp³-hybridized carbons (Fsp3) is 0.217. The number of carbonyl (C=O) groups excluding carboxylic acids is 1. The summed E-state index contributed by atoms with van der Waals surface area (Å²) < 4.78 is 6.96. The molecule has 0 spiro atoms. The van der Waals surface area contributed by atoms with E-state index in [1.807, 2.05) is 47.4 Å². The first-order valence-corrected chi connectivity index (χ1v) is 11.2. The van der Waals surface area contributed by atoms with Crippen molar-refractivity contribution in [1.29, 1.82) is 0 Å². The van der Waals surface area contributed by atoms with Crippen LogP contribution in [0.4, 0.5) is 5.69 Å². The molecule has 3 heterocycles. The van der Waals surface area contributed by atoms with Crippen LogP contribution in [-0.2, 0) is 11.2 Å². The van der Waals surface area contributed by atoms with Gasteiger partial charge in [-0.15, -0.1) is 0 Å². The highest BCUT2D eigenvalue weighted by atomic mass is 32.2. The SMILES string of the molecule is COc1ccccc1-c1nc(SCC(=O)N2c3ccccc3C[C@@H]2C)n2[nH]c(=O)cc2n1. The summed E-state index contributed by atoms with van der Waals surface area (Å²) in [5.41, 5.74) is 2.99. The summed E-state index contributed by atoms with van der Waals surface area (Å²) in [4.78, 5) is 36.1. The number of thioether (sulfide) groups is 1. The number of benzene rings is 2. The molecular formula is C23H21N5O3S. The smallest absolute Gasteiger partial charge is 0.266 e. The summed E-state index contributed by atoms with van der Waals surface area (Å²) in [6.45, 7) is 2.05. The van der Waals surface area contributed by atoms with Crippen molar-refractivity contribution in [3.8, 4) is 17.1 Å². The van der Waals surface area contributed by atoms with E-state index in [1.54, 1.807) is 7.11 Å². The highest BCUT2D eigenvalue weighted by Crippen LogP contribution is 2.33.